The fourth-order valence-corrected chi connectivity index (χ4v) is 4.22. The normalized spacial score (nSPS) is 10.5. The van der Waals surface area contributed by atoms with E-state index in [-0.39, 0.29) is 16.9 Å². The number of thiazole rings is 1. The molecule has 0 aliphatic carbocycles. The molecule has 3 aromatic rings. The summed E-state index contributed by atoms with van der Waals surface area (Å²) in [6.07, 6.45) is 0. The first-order chi connectivity index (χ1) is 14.7. The third-order valence-electron chi connectivity index (χ3n) is 3.73. The van der Waals surface area contributed by atoms with Gasteiger partial charge in [0.2, 0.25) is 0 Å². The van der Waals surface area contributed by atoms with E-state index >= 15 is 0 Å². The molecule has 31 heavy (non-hydrogen) atoms. The number of hydrogen-bond donors (Lipinski definition) is 1. The Morgan fingerprint density at radius 3 is 2.68 bits per heavy atom. The number of hydrogen-bond acceptors (Lipinski definition) is 8. The number of halogens is 2. The van der Waals surface area contributed by atoms with Crippen LogP contribution in [-0.4, -0.2) is 28.4 Å². The molecule has 1 heterocycles. The van der Waals surface area contributed by atoms with Gasteiger partial charge in [0.25, 0.3) is 11.6 Å². The molecule has 160 valence electrons. The Morgan fingerprint density at radius 1 is 1.26 bits per heavy atom. The molecule has 0 radical (unpaired) electrons. The maximum absolute atomic E-state index is 13.6. The lowest BCUT2D eigenvalue weighted by atomic mass is 10.2. The van der Waals surface area contributed by atoms with E-state index in [2.05, 4.69) is 10.3 Å². The van der Waals surface area contributed by atoms with Crippen molar-refractivity contribution in [3.05, 3.63) is 74.8 Å². The molecule has 0 bridgehead atoms. The number of esters is 1. The number of benzene rings is 2. The summed E-state index contributed by atoms with van der Waals surface area (Å²) in [5.74, 6) is -3.63. The van der Waals surface area contributed by atoms with Crippen LogP contribution in [0.4, 0.5) is 20.2 Å². The first-order valence-electron chi connectivity index (χ1n) is 8.53. The summed E-state index contributed by atoms with van der Waals surface area (Å²) in [6, 6.07) is 6.33. The van der Waals surface area contributed by atoms with E-state index in [0.717, 1.165) is 35.7 Å². The molecule has 0 aliphatic heterocycles. The molecule has 0 saturated carbocycles. The Labute approximate surface area is 182 Å². The summed E-state index contributed by atoms with van der Waals surface area (Å²) < 4.78 is 31.9. The van der Waals surface area contributed by atoms with E-state index in [1.165, 1.54) is 23.5 Å². The predicted octanol–water partition coefficient (Wildman–Crippen LogP) is 4.58. The van der Waals surface area contributed by atoms with Crippen LogP contribution in [0.2, 0.25) is 0 Å². The average Bonchev–Trinajstić information content (AvgIpc) is 3.13. The zero-order valence-electron chi connectivity index (χ0n) is 15.8. The first-order valence-corrected chi connectivity index (χ1v) is 10.2. The summed E-state index contributed by atoms with van der Waals surface area (Å²) in [5.41, 5.74) is 0.0586. The molecule has 0 saturated heterocycles. The van der Waals surface area contributed by atoms with Crippen molar-refractivity contribution in [3.63, 3.8) is 0 Å². The Morgan fingerprint density at radius 2 is 2.03 bits per heavy atom. The number of carbonyl (C=O) groups is 2. The molecule has 0 atom stereocenters. The topological polar surface area (TPSA) is 111 Å². The maximum atomic E-state index is 13.6. The quantitative estimate of drug-likeness (QED) is 0.309. The third kappa shape index (κ3) is 5.83. The number of rotatable bonds is 7. The second kappa shape index (κ2) is 9.62. The Hall–Kier alpha value is -3.38. The van der Waals surface area contributed by atoms with E-state index in [1.807, 2.05) is 5.38 Å². The van der Waals surface area contributed by atoms with Gasteiger partial charge in [-0.05, 0) is 31.2 Å². The van der Waals surface area contributed by atoms with Gasteiger partial charge in [-0.15, -0.1) is 11.3 Å². The largest absolute Gasteiger partial charge is 0.452 e. The van der Waals surface area contributed by atoms with Gasteiger partial charge in [-0.3, -0.25) is 14.9 Å². The summed E-state index contributed by atoms with van der Waals surface area (Å²) in [7, 11) is 0. The number of nitro benzene ring substituents is 1. The van der Waals surface area contributed by atoms with Gasteiger partial charge in [0.05, 0.1) is 21.1 Å². The molecule has 0 aliphatic rings. The van der Waals surface area contributed by atoms with Gasteiger partial charge < -0.3 is 10.1 Å². The second-order valence-corrected chi connectivity index (χ2v) is 8.19. The highest BCUT2D eigenvalue weighted by Gasteiger charge is 2.21. The van der Waals surface area contributed by atoms with Crippen molar-refractivity contribution in [2.45, 2.75) is 16.2 Å². The number of nitrogens with zero attached hydrogens (tertiary/aromatic N) is 2. The van der Waals surface area contributed by atoms with E-state index in [4.69, 9.17) is 4.74 Å². The van der Waals surface area contributed by atoms with Crippen LogP contribution in [0.15, 0.2) is 51.0 Å². The number of carbonyl (C=O) groups excluding carboxylic acids is 2. The van der Waals surface area contributed by atoms with Crippen LogP contribution in [0.3, 0.4) is 0 Å². The standard InChI is InChI=1S/C19H13F2N3O5S2/c1-10-9-30-19(22-10)31-16-5-2-11(6-15(16)24(27)28)18(26)29-8-17(25)23-14-4-3-12(20)7-13(14)21/h2-7,9H,8H2,1H3,(H,23,25). The fraction of sp³-hybridized carbons (Fsp3) is 0.105. The average molecular weight is 465 g/mol. The van der Waals surface area contributed by atoms with Crippen molar-refractivity contribution >= 4 is 46.3 Å². The highest BCUT2D eigenvalue weighted by Crippen LogP contribution is 2.36. The van der Waals surface area contributed by atoms with Gasteiger partial charge in [0.1, 0.15) is 11.6 Å². The molecule has 0 spiro atoms. The van der Waals surface area contributed by atoms with Crippen LogP contribution in [0.5, 0.6) is 0 Å². The number of aryl methyl sites for hydroxylation is 1. The number of ether oxygens (including phenoxy) is 1. The molecule has 1 amide bonds. The summed E-state index contributed by atoms with van der Waals surface area (Å²) in [4.78, 5) is 39.4. The minimum Gasteiger partial charge on any atom is -0.452 e. The zero-order valence-corrected chi connectivity index (χ0v) is 17.4. The molecule has 8 nitrogen and oxygen atoms in total. The first kappa shape index (κ1) is 22.3. The van der Waals surface area contributed by atoms with Crippen LogP contribution in [-0.2, 0) is 9.53 Å². The Kier molecular flexibility index (Phi) is 6.92. The van der Waals surface area contributed by atoms with Crippen molar-refractivity contribution in [2.75, 3.05) is 11.9 Å². The number of aromatic nitrogens is 1. The Bertz CT molecular complexity index is 1170. The molecular formula is C19H13F2N3O5S2. The van der Waals surface area contributed by atoms with Gasteiger partial charge in [-0.1, -0.05) is 11.8 Å². The number of anilines is 1. The highest BCUT2D eigenvalue weighted by molar-refractivity contribution is 8.01. The highest BCUT2D eigenvalue weighted by atomic mass is 32.2. The fourth-order valence-electron chi connectivity index (χ4n) is 2.34. The molecule has 3 rings (SSSR count). The molecule has 12 heteroatoms. The van der Waals surface area contributed by atoms with Crippen molar-refractivity contribution in [1.29, 1.82) is 0 Å². The molecule has 1 N–H and O–H groups in total. The van der Waals surface area contributed by atoms with Gasteiger partial charge in [0.15, 0.2) is 10.9 Å². The molecule has 0 fully saturated rings. The van der Waals surface area contributed by atoms with E-state index in [9.17, 15) is 28.5 Å². The Balaban J connectivity index is 1.66. The van der Waals surface area contributed by atoms with Crippen molar-refractivity contribution in [3.8, 4) is 0 Å². The van der Waals surface area contributed by atoms with E-state index < -0.39 is 35.0 Å². The lowest BCUT2D eigenvalue weighted by molar-refractivity contribution is -0.387. The molecule has 2 aromatic carbocycles. The van der Waals surface area contributed by atoms with Crippen LogP contribution in [0, 0.1) is 28.7 Å². The van der Waals surface area contributed by atoms with E-state index in [1.54, 1.807) is 6.92 Å². The molecule has 1 aromatic heterocycles. The smallest absolute Gasteiger partial charge is 0.338 e. The van der Waals surface area contributed by atoms with E-state index in [0.29, 0.717) is 15.3 Å². The summed E-state index contributed by atoms with van der Waals surface area (Å²) in [6.45, 7) is 1.03. The van der Waals surface area contributed by atoms with Gasteiger partial charge >= 0.3 is 5.97 Å². The number of amides is 1. The molecular weight excluding hydrogens is 452 g/mol. The lowest BCUT2D eigenvalue weighted by Gasteiger charge is -2.08. The number of nitro groups is 1. The minimum atomic E-state index is -0.987. The van der Waals surface area contributed by atoms with Crippen LogP contribution in [0.1, 0.15) is 16.1 Å². The van der Waals surface area contributed by atoms with Gasteiger partial charge in [0, 0.05) is 23.2 Å². The third-order valence-corrected chi connectivity index (χ3v) is 5.85. The predicted molar refractivity (Wildman–Crippen MR) is 109 cm³/mol. The number of nitrogens with one attached hydrogen (secondary N) is 1. The SMILES string of the molecule is Cc1csc(Sc2ccc(C(=O)OCC(=O)Nc3ccc(F)cc3F)cc2[N+](=O)[O-])n1. The second-order valence-electron chi connectivity index (χ2n) is 6.04. The van der Waals surface area contributed by atoms with Crippen molar-refractivity contribution in [2.24, 2.45) is 0 Å². The van der Waals surface area contributed by atoms with Crippen molar-refractivity contribution < 1.29 is 28.0 Å². The van der Waals surface area contributed by atoms with Gasteiger partial charge in [-0.25, -0.2) is 18.6 Å². The van der Waals surface area contributed by atoms with Crippen LogP contribution in [0.25, 0.3) is 0 Å². The molecule has 0 unspecified atom stereocenters. The minimum absolute atomic E-state index is 0.132. The van der Waals surface area contributed by atoms with Crippen molar-refractivity contribution in [1.82, 2.24) is 4.98 Å². The monoisotopic (exact) mass is 465 g/mol. The summed E-state index contributed by atoms with van der Waals surface area (Å²) >= 11 is 2.43. The maximum Gasteiger partial charge on any atom is 0.338 e. The van der Waals surface area contributed by atoms with Gasteiger partial charge in [-0.2, -0.15) is 0 Å². The zero-order chi connectivity index (χ0) is 22.5. The lowest BCUT2D eigenvalue weighted by Crippen LogP contribution is -2.21. The van der Waals surface area contributed by atoms with Crippen LogP contribution >= 0.6 is 23.1 Å². The summed E-state index contributed by atoms with van der Waals surface area (Å²) in [5, 5.41) is 15.4. The van der Waals surface area contributed by atoms with Crippen LogP contribution < -0.4 is 5.32 Å².